The van der Waals surface area contributed by atoms with Crippen LogP contribution >= 0.6 is 24.8 Å². The van der Waals surface area contributed by atoms with Gasteiger partial charge < -0.3 is 23.1 Å². The van der Waals surface area contributed by atoms with Crippen molar-refractivity contribution in [1.82, 2.24) is 0 Å². The molecular formula is C15H36Cl2NO2SiTi-3. The topological polar surface area (TPSA) is 64.3 Å². The van der Waals surface area contributed by atoms with E-state index >= 15 is 0 Å². The fraction of sp³-hybridized carbons (Fsp3) is 0.600. The van der Waals surface area contributed by atoms with Crippen LogP contribution in [0, 0.1) is 13.5 Å². The molecule has 0 unspecified atom stereocenters. The summed E-state index contributed by atoms with van der Waals surface area (Å²) < 4.78 is 0. The molecule has 3 nitrogen and oxygen atoms in total. The van der Waals surface area contributed by atoms with Crippen LogP contribution in [0.2, 0.25) is 19.6 Å². The summed E-state index contributed by atoms with van der Waals surface area (Å²) in [5.74, 6) is 0. The summed E-state index contributed by atoms with van der Waals surface area (Å²) in [7, 11) is -0.611. The summed E-state index contributed by atoms with van der Waals surface area (Å²) in [6.45, 7) is 11.2. The summed E-state index contributed by atoms with van der Waals surface area (Å²) >= 11 is 1.75. The first-order chi connectivity index (χ1) is 8.50. The van der Waals surface area contributed by atoms with Gasteiger partial charge in [0.1, 0.15) is 0 Å². The van der Waals surface area contributed by atoms with Gasteiger partial charge in [0.05, 0.1) is 0 Å². The first-order valence-electron chi connectivity index (χ1n) is 5.99. The standard InChI is InChI=1S/C5H5.C4H10N.C3H10OSi.CH4O.CH3.CH2.2ClH.Ti/c1-2-4-5-3-1;1-4(2,3)5;1-5(2,3)4;1-2;;;;;/h1-3H,4H2;5H,1-3H3;4H,1-3H3;2H,1H3;1H3;1H2;2*1H;/q2*-1;;;-1;;;;. The van der Waals surface area contributed by atoms with Crippen molar-refractivity contribution < 1.29 is 29.9 Å². The summed E-state index contributed by atoms with van der Waals surface area (Å²) in [6, 6.07) is 0. The molecule has 7 heteroatoms. The van der Waals surface area contributed by atoms with E-state index in [0.29, 0.717) is 0 Å². The van der Waals surface area contributed by atoms with Crippen LogP contribution in [0.5, 0.6) is 0 Å². The Morgan fingerprint density at radius 3 is 1.41 bits per heavy atom. The van der Waals surface area contributed by atoms with Crippen molar-refractivity contribution in [2.45, 2.75) is 52.4 Å². The van der Waals surface area contributed by atoms with Crippen molar-refractivity contribution in [3.63, 3.8) is 0 Å². The zero-order valence-corrected chi connectivity index (χ0v) is 19.6. The molecule has 1 aliphatic carbocycles. The average molecular weight is 409 g/mol. The molecule has 0 bridgehead atoms. The molecule has 1 aliphatic rings. The van der Waals surface area contributed by atoms with E-state index in [-0.39, 0.29) is 37.8 Å². The SMILES string of the molecule is CC(C)(C)[NH-].CO.C[Si](C)(C)O.Cl.Cl.[C-]1=CC=CC1.[CH2]=[Ti].[CH3-]. The van der Waals surface area contributed by atoms with Gasteiger partial charge >= 0.3 is 24.8 Å². The van der Waals surface area contributed by atoms with Crippen LogP contribution < -0.4 is 0 Å². The van der Waals surface area contributed by atoms with Gasteiger partial charge in [-0.25, -0.2) is 12.2 Å². The normalized spacial score (nSPS) is 9.86. The van der Waals surface area contributed by atoms with E-state index in [9.17, 15) is 0 Å². The molecule has 138 valence electrons. The molecule has 0 spiro atoms. The van der Waals surface area contributed by atoms with Gasteiger partial charge in [0.25, 0.3) is 0 Å². The van der Waals surface area contributed by atoms with Crippen LogP contribution in [-0.2, 0) is 20.0 Å². The van der Waals surface area contributed by atoms with E-state index in [0.717, 1.165) is 13.5 Å². The van der Waals surface area contributed by atoms with Crippen molar-refractivity contribution in [2.24, 2.45) is 0 Å². The first kappa shape index (κ1) is 43.4. The molecule has 3 N–H and O–H groups in total. The minimum atomic E-state index is -1.61. The third kappa shape index (κ3) is 245. The number of aliphatic hydroxyl groups excluding tert-OH is 1. The van der Waals surface area contributed by atoms with Gasteiger partial charge in [0, 0.05) is 7.11 Å². The second kappa shape index (κ2) is 29.7. The molecule has 0 saturated carbocycles. The third-order valence-corrected chi connectivity index (χ3v) is 0.586. The van der Waals surface area contributed by atoms with Crippen LogP contribution in [0.25, 0.3) is 5.73 Å². The molecule has 0 atom stereocenters. The molecule has 0 fully saturated rings. The van der Waals surface area contributed by atoms with Gasteiger partial charge in [-0.1, -0.05) is 20.8 Å². The number of hydrogen-bond acceptors (Lipinski definition) is 2. The Labute approximate surface area is 164 Å². The van der Waals surface area contributed by atoms with Crippen molar-refractivity contribution >= 4 is 37.9 Å². The van der Waals surface area contributed by atoms with Gasteiger partial charge in [-0.2, -0.15) is 6.08 Å². The van der Waals surface area contributed by atoms with Gasteiger partial charge in [-0.3, -0.25) is 6.08 Å². The maximum Gasteiger partial charge on any atom is -0.358 e. The van der Waals surface area contributed by atoms with E-state index in [1.54, 1.807) is 20.0 Å². The van der Waals surface area contributed by atoms with Gasteiger partial charge in [0.2, 0.25) is 0 Å². The molecule has 0 aromatic carbocycles. The second-order valence-electron chi connectivity index (χ2n) is 5.42. The van der Waals surface area contributed by atoms with Crippen molar-refractivity contribution in [1.29, 1.82) is 0 Å². The Morgan fingerprint density at radius 1 is 1.14 bits per heavy atom. The summed E-state index contributed by atoms with van der Waals surface area (Å²) in [5, 5.41) is 7.00. The smallest absolute Gasteiger partial charge is 0.358 e. The van der Waals surface area contributed by atoms with E-state index < -0.39 is 8.32 Å². The molecule has 0 saturated heterocycles. The number of halogens is 2. The fourth-order valence-electron chi connectivity index (χ4n) is 0.340. The maximum absolute atomic E-state index is 8.66. The summed E-state index contributed by atoms with van der Waals surface area (Å²) in [6.07, 6.45) is 10.0. The van der Waals surface area contributed by atoms with Crippen molar-refractivity contribution in [3.05, 3.63) is 37.5 Å². The molecular weight excluding hydrogens is 373 g/mol. The molecule has 0 heterocycles. The van der Waals surface area contributed by atoms with Crippen LogP contribution in [0.15, 0.2) is 18.2 Å². The zero-order chi connectivity index (χ0) is 16.5. The molecule has 0 aromatic rings. The van der Waals surface area contributed by atoms with Gasteiger partial charge in [-0.15, -0.1) is 36.8 Å². The van der Waals surface area contributed by atoms with E-state index in [4.69, 9.17) is 15.6 Å². The van der Waals surface area contributed by atoms with Gasteiger partial charge in [-0.05, 0) is 19.6 Å². The quantitative estimate of drug-likeness (QED) is 0.445. The summed E-state index contributed by atoms with van der Waals surface area (Å²) in [4.78, 5) is 11.9. The predicted molar refractivity (Wildman–Crippen MR) is 107 cm³/mol. The fourth-order valence-corrected chi connectivity index (χ4v) is 0.340. The number of hydrogen-bond donors (Lipinski definition) is 2. The van der Waals surface area contributed by atoms with E-state index in [1.165, 1.54) is 0 Å². The minimum Gasteiger partial charge on any atom is -0.358 e. The Balaban J connectivity index is -0.0000000259. The molecule has 0 aliphatic heterocycles. The van der Waals surface area contributed by atoms with Crippen molar-refractivity contribution in [2.75, 3.05) is 7.11 Å². The van der Waals surface area contributed by atoms with Gasteiger partial charge in [0.15, 0.2) is 8.32 Å². The maximum atomic E-state index is 8.66. The Kier molecular flexibility index (Phi) is 58.6. The Morgan fingerprint density at radius 2 is 1.36 bits per heavy atom. The number of nitrogens with one attached hydrogen (secondary N) is 1. The summed E-state index contributed by atoms with van der Waals surface area (Å²) in [5.41, 5.74) is 6.69. The molecule has 0 amide bonds. The van der Waals surface area contributed by atoms with Crippen LogP contribution in [0.3, 0.4) is 0 Å². The second-order valence-corrected chi connectivity index (χ2v) is 9.77. The third-order valence-electron chi connectivity index (χ3n) is 0.586. The van der Waals surface area contributed by atoms with E-state index in [2.05, 4.69) is 17.0 Å². The molecule has 1 rings (SSSR count). The average Bonchev–Trinajstić information content (AvgIpc) is 2.75. The van der Waals surface area contributed by atoms with E-state index in [1.807, 2.05) is 52.6 Å². The Bertz CT molecular complexity index is 195. The van der Waals surface area contributed by atoms with Crippen LogP contribution in [-0.4, -0.2) is 35.7 Å². The molecule has 22 heavy (non-hydrogen) atoms. The number of allylic oxidation sites excluding steroid dienone is 4. The minimum absolute atomic E-state index is 0. The monoisotopic (exact) mass is 408 g/mol. The number of rotatable bonds is 0. The zero-order valence-electron chi connectivity index (χ0n) is 15.4. The van der Waals surface area contributed by atoms with Crippen molar-refractivity contribution in [3.8, 4) is 0 Å². The first-order valence-corrected chi connectivity index (χ1v) is 10.5. The molecule has 0 aromatic heterocycles. The molecule has 0 radical (unpaired) electrons. The van der Waals surface area contributed by atoms with Crippen LogP contribution in [0.4, 0.5) is 0 Å². The largest absolute Gasteiger partial charge is 0.358 e. The number of aliphatic hydroxyl groups is 1. The predicted octanol–water partition coefficient (Wildman–Crippen LogP) is 4.82. The van der Waals surface area contributed by atoms with Crippen LogP contribution in [0.1, 0.15) is 27.2 Å². The Hall–Kier alpha value is 0.741.